The fourth-order valence-electron chi connectivity index (χ4n) is 1.29. The lowest BCUT2D eigenvalue weighted by Crippen LogP contribution is -2.23. The van der Waals surface area contributed by atoms with Crippen molar-refractivity contribution >= 4 is 11.7 Å². The highest BCUT2D eigenvalue weighted by Crippen LogP contribution is 2.08. The van der Waals surface area contributed by atoms with Gasteiger partial charge >= 0.3 is 0 Å². The molecule has 0 aliphatic carbocycles. The molecule has 0 spiro atoms. The molecule has 0 saturated heterocycles. The molecule has 1 heterocycles. The number of aryl methyl sites for hydroxylation is 1. The minimum absolute atomic E-state index is 0.000281. The highest BCUT2D eigenvalue weighted by atomic mass is 16.5. The van der Waals surface area contributed by atoms with E-state index >= 15 is 0 Å². The average molecular weight is 226 g/mol. The summed E-state index contributed by atoms with van der Waals surface area (Å²) in [5.74, 6) is 0.581. The smallest absolute Gasteiger partial charge is 0.220 e. The van der Waals surface area contributed by atoms with Crippen molar-refractivity contribution in [3.8, 4) is 0 Å². The molecule has 0 aromatic carbocycles. The van der Waals surface area contributed by atoms with E-state index in [0.717, 1.165) is 12.0 Å². The Morgan fingerprint density at radius 3 is 3.00 bits per heavy atom. The number of hydrogen-bond donors (Lipinski definition) is 2. The number of carbonyl (C=O) groups is 1. The van der Waals surface area contributed by atoms with Crippen LogP contribution in [0.4, 0.5) is 5.82 Å². The predicted octanol–water partition coefficient (Wildman–Crippen LogP) is 0.0451. The standard InChI is InChI=1S/C10H18N4O2/c1-14-10(11)8(7-13-14)6-12-9(15)4-3-5-16-2/h7H,3-6,11H2,1-2H3,(H,12,15). The molecule has 1 rings (SSSR count). The van der Waals surface area contributed by atoms with E-state index in [1.54, 1.807) is 25.0 Å². The lowest BCUT2D eigenvalue weighted by molar-refractivity contribution is -0.121. The fraction of sp³-hybridized carbons (Fsp3) is 0.600. The van der Waals surface area contributed by atoms with Crippen LogP contribution in [0.5, 0.6) is 0 Å². The number of nitrogens with one attached hydrogen (secondary N) is 1. The van der Waals surface area contributed by atoms with E-state index in [1.807, 2.05) is 0 Å². The summed E-state index contributed by atoms with van der Waals surface area (Å²) in [6.07, 6.45) is 2.85. The van der Waals surface area contributed by atoms with Crippen LogP contribution in [-0.2, 0) is 23.1 Å². The highest BCUT2D eigenvalue weighted by Gasteiger charge is 2.06. The summed E-state index contributed by atoms with van der Waals surface area (Å²) in [6, 6.07) is 0. The summed E-state index contributed by atoms with van der Waals surface area (Å²) < 4.78 is 6.44. The molecule has 0 radical (unpaired) electrons. The molecular formula is C10H18N4O2. The number of hydrogen-bond acceptors (Lipinski definition) is 4. The van der Waals surface area contributed by atoms with E-state index in [-0.39, 0.29) is 5.91 Å². The van der Waals surface area contributed by atoms with Gasteiger partial charge in [-0.25, -0.2) is 0 Å². The number of nitrogens with zero attached hydrogens (tertiary/aromatic N) is 2. The van der Waals surface area contributed by atoms with Gasteiger partial charge in [-0.2, -0.15) is 5.10 Å². The molecule has 6 heteroatoms. The number of amides is 1. The monoisotopic (exact) mass is 226 g/mol. The van der Waals surface area contributed by atoms with E-state index in [9.17, 15) is 4.79 Å². The van der Waals surface area contributed by atoms with Crippen molar-refractivity contribution in [3.05, 3.63) is 11.8 Å². The molecule has 1 aromatic heterocycles. The number of aromatic nitrogens is 2. The minimum atomic E-state index is 0.000281. The zero-order valence-corrected chi connectivity index (χ0v) is 9.69. The average Bonchev–Trinajstić information content (AvgIpc) is 2.58. The first kappa shape index (κ1) is 12.5. The second kappa shape index (κ2) is 6.12. The number of rotatable bonds is 6. The summed E-state index contributed by atoms with van der Waals surface area (Å²) in [5, 5.41) is 6.77. The molecule has 0 aliphatic heterocycles. The molecule has 0 atom stereocenters. The van der Waals surface area contributed by atoms with Crippen LogP contribution in [-0.4, -0.2) is 29.4 Å². The lowest BCUT2D eigenvalue weighted by Gasteiger charge is -2.04. The van der Waals surface area contributed by atoms with Crippen LogP contribution in [0.2, 0.25) is 0 Å². The Labute approximate surface area is 94.8 Å². The zero-order valence-electron chi connectivity index (χ0n) is 9.69. The Hall–Kier alpha value is -1.56. The first-order chi connectivity index (χ1) is 7.65. The van der Waals surface area contributed by atoms with Crippen molar-refractivity contribution in [1.82, 2.24) is 15.1 Å². The molecule has 0 aliphatic rings. The second-order valence-electron chi connectivity index (χ2n) is 3.55. The van der Waals surface area contributed by atoms with Gasteiger partial charge in [0.1, 0.15) is 5.82 Å². The Morgan fingerprint density at radius 1 is 1.69 bits per heavy atom. The number of nitrogen functional groups attached to an aromatic ring is 1. The van der Waals surface area contributed by atoms with Gasteiger partial charge in [0.15, 0.2) is 0 Å². The molecule has 16 heavy (non-hydrogen) atoms. The molecule has 1 aromatic rings. The Balaban J connectivity index is 2.29. The van der Waals surface area contributed by atoms with Gasteiger partial charge in [-0.1, -0.05) is 0 Å². The number of carbonyl (C=O) groups excluding carboxylic acids is 1. The van der Waals surface area contributed by atoms with Crippen LogP contribution in [0.25, 0.3) is 0 Å². The van der Waals surface area contributed by atoms with E-state index in [0.29, 0.717) is 25.4 Å². The summed E-state index contributed by atoms with van der Waals surface area (Å²) in [4.78, 5) is 11.4. The highest BCUT2D eigenvalue weighted by molar-refractivity contribution is 5.75. The first-order valence-electron chi connectivity index (χ1n) is 5.17. The van der Waals surface area contributed by atoms with Crippen molar-refractivity contribution < 1.29 is 9.53 Å². The lowest BCUT2D eigenvalue weighted by atomic mass is 10.3. The van der Waals surface area contributed by atoms with Crippen molar-refractivity contribution in [2.24, 2.45) is 7.05 Å². The van der Waals surface area contributed by atoms with E-state index in [1.165, 1.54) is 0 Å². The van der Waals surface area contributed by atoms with Gasteiger partial charge in [0, 0.05) is 39.3 Å². The molecule has 0 unspecified atom stereocenters. The fourth-order valence-corrected chi connectivity index (χ4v) is 1.29. The van der Waals surface area contributed by atoms with E-state index < -0.39 is 0 Å². The van der Waals surface area contributed by atoms with E-state index in [2.05, 4.69) is 10.4 Å². The topological polar surface area (TPSA) is 82.2 Å². The predicted molar refractivity (Wildman–Crippen MR) is 60.6 cm³/mol. The maximum absolute atomic E-state index is 11.4. The molecule has 90 valence electrons. The minimum Gasteiger partial charge on any atom is -0.385 e. The summed E-state index contributed by atoms with van der Waals surface area (Å²) in [6.45, 7) is 1.02. The Bertz CT molecular complexity index is 349. The number of methoxy groups -OCH3 is 1. The van der Waals surface area contributed by atoms with Gasteiger partial charge in [0.2, 0.25) is 5.91 Å². The van der Waals surface area contributed by atoms with Crippen LogP contribution in [0, 0.1) is 0 Å². The molecule has 6 nitrogen and oxygen atoms in total. The number of nitrogens with two attached hydrogens (primary N) is 1. The third-order valence-corrected chi connectivity index (χ3v) is 2.29. The van der Waals surface area contributed by atoms with Gasteiger partial charge < -0.3 is 15.8 Å². The summed E-state index contributed by atoms with van der Waals surface area (Å²) >= 11 is 0. The van der Waals surface area contributed by atoms with Crippen molar-refractivity contribution in [3.63, 3.8) is 0 Å². The van der Waals surface area contributed by atoms with Gasteiger partial charge in [-0.15, -0.1) is 0 Å². The number of ether oxygens (including phenoxy) is 1. The third-order valence-electron chi connectivity index (χ3n) is 2.29. The largest absolute Gasteiger partial charge is 0.385 e. The summed E-state index contributed by atoms with van der Waals surface area (Å²) in [5.41, 5.74) is 6.58. The molecule has 0 saturated carbocycles. The van der Waals surface area contributed by atoms with Crippen LogP contribution >= 0.6 is 0 Å². The molecule has 0 fully saturated rings. The van der Waals surface area contributed by atoms with Crippen LogP contribution in [0.3, 0.4) is 0 Å². The molecular weight excluding hydrogens is 208 g/mol. The molecule has 0 bridgehead atoms. The van der Waals surface area contributed by atoms with Crippen LogP contribution < -0.4 is 11.1 Å². The van der Waals surface area contributed by atoms with Crippen LogP contribution in [0.1, 0.15) is 18.4 Å². The quantitative estimate of drug-likeness (QED) is 0.671. The SMILES string of the molecule is COCCCC(=O)NCc1cnn(C)c1N. The zero-order chi connectivity index (χ0) is 12.0. The van der Waals surface area contributed by atoms with Crippen LogP contribution in [0.15, 0.2) is 6.20 Å². The third kappa shape index (κ3) is 3.54. The Kier molecular flexibility index (Phi) is 4.78. The van der Waals surface area contributed by atoms with Gasteiger partial charge in [-0.05, 0) is 6.42 Å². The van der Waals surface area contributed by atoms with Crippen molar-refractivity contribution in [1.29, 1.82) is 0 Å². The maximum atomic E-state index is 11.4. The second-order valence-corrected chi connectivity index (χ2v) is 3.55. The molecule has 1 amide bonds. The normalized spacial score (nSPS) is 10.4. The van der Waals surface area contributed by atoms with Gasteiger partial charge in [-0.3, -0.25) is 9.48 Å². The maximum Gasteiger partial charge on any atom is 0.220 e. The van der Waals surface area contributed by atoms with E-state index in [4.69, 9.17) is 10.5 Å². The van der Waals surface area contributed by atoms with Crippen molar-refractivity contribution in [2.75, 3.05) is 19.5 Å². The van der Waals surface area contributed by atoms with Gasteiger partial charge in [0.25, 0.3) is 0 Å². The first-order valence-corrected chi connectivity index (χ1v) is 5.17. The van der Waals surface area contributed by atoms with Crippen molar-refractivity contribution in [2.45, 2.75) is 19.4 Å². The number of anilines is 1. The molecule has 3 N–H and O–H groups in total. The summed E-state index contributed by atoms with van der Waals surface area (Å²) in [7, 11) is 3.38. The Morgan fingerprint density at radius 2 is 2.44 bits per heavy atom. The van der Waals surface area contributed by atoms with Gasteiger partial charge in [0.05, 0.1) is 6.20 Å².